The SMILES string of the molecule is CCOc1cccc(CN2CCC[C@H](N3CCc4ccccc4C3)C2)c1O. The van der Waals surface area contributed by atoms with Crippen molar-refractivity contribution in [3.63, 3.8) is 0 Å². The molecule has 0 bridgehead atoms. The first-order chi connectivity index (χ1) is 13.2. The topological polar surface area (TPSA) is 35.9 Å². The number of nitrogens with zero attached hydrogens (tertiary/aromatic N) is 2. The van der Waals surface area contributed by atoms with E-state index in [4.69, 9.17) is 4.74 Å². The van der Waals surface area contributed by atoms with Gasteiger partial charge in [0.25, 0.3) is 0 Å². The third kappa shape index (κ3) is 4.12. The highest BCUT2D eigenvalue weighted by molar-refractivity contribution is 5.45. The lowest BCUT2D eigenvalue weighted by Crippen LogP contribution is -2.49. The number of piperidine rings is 1. The molecule has 2 aromatic rings. The van der Waals surface area contributed by atoms with Gasteiger partial charge in [0.15, 0.2) is 11.5 Å². The Morgan fingerprint density at radius 2 is 1.93 bits per heavy atom. The zero-order valence-electron chi connectivity index (χ0n) is 16.2. The summed E-state index contributed by atoms with van der Waals surface area (Å²) in [5.41, 5.74) is 3.97. The van der Waals surface area contributed by atoms with Crippen LogP contribution in [-0.4, -0.2) is 47.2 Å². The summed E-state index contributed by atoms with van der Waals surface area (Å²) in [5.74, 6) is 0.893. The van der Waals surface area contributed by atoms with Crippen molar-refractivity contribution >= 4 is 0 Å². The highest BCUT2D eigenvalue weighted by Crippen LogP contribution is 2.32. The molecule has 27 heavy (non-hydrogen) atoms. The number of para-hydroxylation sites is 1. The standard InChI is InChI=1S/C23H30N2O2/c1-2-27-22-11-5-9-20(23(22)26)15-24-13-6-10-21(17-24)25-14-12-18-7-3-4-8-19(18)16-25/h3-5,7-9,11,21,26H,2,6,10,12-17H2,1H3/t21-/m0/s1. The maximum atomic E-state index is 10.5. The normalized spacial score (nSPS) is 21.0. The summed E-state index contributed by atoms with van der Waals surface area (Å²) in [6, 6.07) is 15.3. The third-order valence-electron chi connectivity index (χ3n) is 5.93. The second kappa shape index (κ2) is 8.32. The van der Waals surface area contributed by atoms with E-state index in [2.05, 4.69) is 34.1 Å². The number of hydrogen-bond donors (Lipinski definition) is 1. The molecule has 0 aromatic heterocycles. The van der Waals surface area contributed by atoms with Crippen molar-refractivity contribution < 1.29 is 9.84 Å². The van der Waals surface area contributed by atoms with Crippen LogP contribution < -0.4 is 4.74 Å². The summed E-state index contributed by atoms with van der Waals surface area (Å²) in [6.07, 6.45) is 3.64. The Hall–Kier alpha value is -2.04. The van der Waals surface area contributed by atoms with Gasteiger partial charge in [0.1, 0.15) is 0 Å². The van der Waals surface area contributed by atoms with Crippen molar-refractivity contribution in [2.45, 2.75) is 45.3 Å². The molecule has 1 N–H and O–H groups in total. The molecule has 4 nitrogen and oxygen atoms in total. The van der Waals surface area contributed by atoms with E-state index < -0.39 is 0 Å². The number of likely N-dealkylation sites (tertiary alicyclic amines) is 1. The van der Waals surface area contributed by atoms with Crippen LogP contribution in [0.1, 0.15) is 36.5 Å². The minimum absolute atomic E-state index is 0.299. The van der Waals surface area contributed by atoms with Crippen LogP contribution in [-0.2, 0) is 19.5 Å². The van der Waals surface area contributed by atoms with E-state index >= 15 is 0 Å². The maximum Gasteiger partial charge on any atom is 0.162 e. The van der Waals surface area contributed by atoms with Crippen LogP contribution in [0.15, 0.2) is 42.5 Å². The number of aromatic hydroxyl groups is 1. The number of fused-ring (bicyclic) bond motifs is 1. The molecule has 1 atom stereocenters. The molecule has 144 valence electrons. The van der Waals surface area contributed by atoms with Crippen molar-refractivity contribution in [2.24, 2.45) is 0 Å². The van der Waals surface area contributed by atoms with E-state index in [0.717, 1.165) is 44.7 Å². The smallest absolute Gasteiger partial charge is 0.162 e. The predicted octanol–water partition coefficient (Wildman–Crippen LogP) is 3.81. The minimum atomic E-state index is 0.299. The molecule has 2 heterocycles. The fourth-order valence-electron chi connectivity index (χ4n) is 4.51. The van der Waals surface area contributed by atoms with E-state index in [1.165, 1.54) is 24.0 Å². The molecule has 2 aromatic carbocycles. The van der Waals surface area contributed by atoms with Crippen LogP contribution in [0.25, 0.3) is 0 Å². The molecule has 4 heteroatoms. The van der Waals surface area contributed by atoms with Gasteiger partial charge in [-0.2, -0.15) is 0 Å². The largest absolute Gasteiger partial charge is 0.504 e. The average Bonchev–Trinajstić information content (AvgIpc) is 2.71. The quantitative estimate of drug-likeness (QED) is 0.873. The molecule has 0 radical (unpaired) electrons. The molecular weight excluding hydrogens is 336 g/mol. The summed E-state index contributed by atoms with van der Waals surface area (Å²) in [6.45, 7) is 7.69. The van der Waals surface area contributed by atoms with Crippen molar-refractivity contribution in [3.05, 3.63) is 59.2 Å². The first-order valence-corrected chi connectivity index (χ1v) is 10.2. The summed E-state index contributed by atoms with van der Waals surface area (Å²) in [4.78, 5) is 5.14. The molecule has 2 aliphatic heterocycles. The predicted molar refractivity (Wildman–Crippen MR) is 108 cm³/mol. The Labute approximate surface area is 162 Å². The Balaban J connectivity index is 1.41. The van der Waals surface area contributed by atoms with Crippen LogP contribution in [0.2, 0.25) is 0 Å². The van der Waals surface area contributed by atoms with E-state index in [-0.39, 0.29) is 0 Å². The summed E-state index contributed by atoms with van der Waals surface area (Å²) < 4.78 is 5.54. The Morgan fingerprint density at radius 3 is 2.78 bits per heavy atom. The van der Waals surface area contributed by atoms with E-state index in [1.807, 2.05) is 25.1 Å². The zero-order chi connectivity index (χ0) is 18.6. The number of phenols is 1. The van der Waals surface area contributed by atoms with Crippen molar-refractivity contribution in [1.29, 1.82) is 0 Å². The molecule has 0 unspecified atom stereocenters. The van der Waals surface area contributed by atoms with Crippen LogP contribution in [0.4, 0.5) is 0 Å². The lowest BCUT2D eigenvalue weighted by molar-refractivity contribution is 0.0834. The first-order valence-electron chi connectivity index (χ1n) is 10.2. The van der Waals surface area contributed by atoms with E-state index in [9.17, 15) is 5.11 Å². The van der Waals surface area contributed by atoms with Gasteiger partial charge in [-0.05, 0) is 49.9 Å². The average molecular weight is 367 g/mol. The zero-order valence-corrected chi connectivity index (χ0v) is 16.2. The fraction of sp³-hybridized carbons (Fsp3) is 0.478. The highest BCUT2D eigenvalue weighted by Gasteiger charge is 2.28. The second-order valence-corrected chi connectivity index (χ2v) is 7.72. The van der Waals surface area contributed by atoms with Crippen LogP contribution >= 0.6 is 0 Å². The van der Waals surface area contributed by atoms with Crippen LogP contribution in [0, 0.1) is 0 Å². The van der Waals surface area contributed by atoms with Gasteiger partial charge in [0.05, 0.1) is 6.61 Å². The summed E-state index contributed by atoms with van der Waals surface area (Å²) >= 11 is 0. The van der Waals surface area contributed by atoms with Gasteiger partial charge < -0.3 is 9.84 Å². The number of benzene rings is 2. The van der Waals surface area contributed by atoms with Gasteiger partial charge in [-0.1, -0.05) is 36.4 Å². The van der Waals surface area contributed by atoms with E-state index in [1.54, 1.807) is 0 Å². The Morgan fingerprint density at radius 1 is 1.07 bits per heavy atom. The van der Waals surface area contributed by atoms with Crippen molar-refractivity contribution in [2.75, 3.05) is 26.2 Å². The fourth-order valence-corrected chi connectivity index (χ4v) is 4.51. The third-order valence-corrected chi connectivity index (χ3v) is 5.93. The van der Waals surface area contributed by atoms with Gasteiger partial charge >= 0.3 is 0 Å². The van der Waals surface area contributed by atoms with Gasteiger partial charge in [0.2, 0.25) is 0 Å². The summed E-state index contributed by atoms with van der Waals surface area (Å²) in [7, 11) is 0. The minimum Gasteiger partial charge on any atom is -0.504 e. The molecule has 0 spiro atoms. The molecule has 1 saturated heterocycles. The van der Waals surface area contributed by atoms with Gasteiger partial charge in [-0.25, -0.2) is 0 Å². The molecule has 0 aliphatic carbocycles. The van der Waals surface area contributed by atoms with Crippen LogP contribution in [0.3, 0.4) is 0 Å². The molecule has 4 rings (SSSR count). The highest BCUT2D eigenvalue weighted by atomic mass is 16.5. The van der Waals surface area contributed by atoms with Gasteiger partial charge in [-0.3, -0.25) is 9.80 Å². The van der Waals surface area contributed by atoms with Crippen molar-refractivity contribution in [1.82, 2.24) is 9.80 Å². The van der Waals surface area contributed by atoms with E-state index in [0.29, 0.717) is 24.1 Å². The number of phenolic OH excluding ortho intramolecular Hbond substituents is 1. The van der Waals surface area contributed by atoms with Crippen LogP contribution in [0.5, 0.6) is 11.5 Å². The second-order valence-electron chi connectivity index (χ2n) is 7.72. The summed E-state index contributed by atoms with van der Waals surface area (Å²) in [5, 5.41) is 10.5. The molecular formula is C23H30N2O2. The number of rotatable bonds is 5. The number of ether oxygens (including phenoxy) is 1. The maximum absolute atomic E-state index is 10.5. The Kier molecular flexibility index (Phi) is 5.65. The van der Waals surface area contributed by atoms with Crippen molar-refractivity contribution in [3.8, 4) is 11.5 Å². The molecule has 0 saturated carbocycles. The monoisotopic (exact) mass is 366 g/mol. The lowest BCUT2D eigenvalue weighted by Gasteiger charge is -2.41. The lowest BCUT2D eigenvalue weighted by atomic mass is 9.96. The molecule has 1 fully saturated rings. The first kappa shape index (κ1) is 18.3. The Bertz CT molecular complexity index is 777. The number of hydrogen-bond acceptors (Lipinski definition) is 4. The van der Waals surface area contributed by atoms with Gasteiger partial charge in [0, 0.05) is 37.8 Å². The molecule has 0 amide bonds. The molecule has 2 aliphatic rings. The van der Waals surface area contributed by atoms with Gasteiger partial charge in [-0.15, -0.1) is 0 Å².